The fourth-order valence-electron chi connectivity index (χ4n) is 3.45. The van der Waals surface area contributed by atoms with Crippen molar-refractivity contribution in [2.75, 3.05) is 0 Å². The second-order valence-electron chi connectivity index (χ2n) is 5.47. The van der Waals surface area contributed by atoms with E-state index in [0.29, 0.717) is 17.4 Å². The lowest BCUT2D eigenvalue weighted by molar-refractivity contribution is 0.107. The molecule has 1 aliphatic carbocycles. The number of fused-ring (bicyclic) bond motifs is 2. The van der Waals surface area contributed by atoms with Crippen LogP contribution < -0.4 is 0 Å². The van der Waals surface area contributed by atoms with E-state index in [2.05, 4.69) is 28.6 Å². The minimum Gasteiger partial charge on any atom is -0.246 e. The van der Waals surface area contributed by atoms with Crippen LogP contribution in [0.15, 0.2) is 0 Å². The van der Waals surface area contributed by atoms with Crippen molar-refractivity contribution in [3.63, 3.8) is 0 Å². The van der Waals surface area contributed by atoms with Gasteiger partial charge in [0.15, 0.2) is 0 Å². The SMILES string of the molecule is Cc1nc2n(n1)C1CCC2(C(C)C)CC1. The minimum atomic E-state index is 0.329. The van der Waals surface area contributed by atoms with Gasteiger partial charge in [0.25, 0.3) is 0 Å². The molecule has 3 heteroatoms. The first-order chi connectivity index (χ1) is 7.13. The van der Waals surface area contributed by atoms with E-state index < -0.39 is 0 Å². The molecule has 1 aromatic rings. The third-order valence-electron chi connectivity index (χ3n) is 4.48. The molecule has 1 aromatic heterocycles. The van der Waals surface area contributed by atoms with E-state index in [1.807, 2.05) is 6.92 Å². The first kappa shape index (κ1) is 9.37. The van der Waals surface area contributed by atoms with E-state index in [1.165, 1.54) is 31.5 Å². The molecule has 82 valence electrons. The predicted octanol–water partition coefficient (Wildman–Crippen LogP) is 2.61. The quantitative estimate of drug-likeness (QED) is 0.705. The molecular weight excluding hydrogens is 186 g/mol. The monoisotopic (exact) mass is 205 g/mol. The first-order valence-corrected chi connectivity index (χ1v) is 6.07. The molecule has 0 unspecified atom stereocenters. The van der Waals surface area contributed by atoms with E-state index in [4.69, 9.17) is 0 Å². The lowest BCUT2D eigenvalue weighted by Gasteiger charge is -2.48. The van der Waals surface area contributed by atoms with E-state index in [1.54, 1.807) is 0 Å². The van der Waals surface area contributed by atoms with Gasteiger partial charge in [0.05, 0.1) is 6.04 Å². The summed E-state index contributed by atoms with van der Waals surface area (Å²) in [5.74, 6) is 2.91. The topological polar surface area (TPSA) is 30.7 Å². The Morgan fingerprint density at radius 1 is 1.33 bits per heavy atom. The van der Waals surface area contributed by atoms with Gasteiger partial charge in [-0.2, -0.15) is 5.10 Å². The summed E-state index contributed by atoms with van der Waals surface area (Å²) in [6, 6.07) is 0.641. The Hall–Kier alpha value is -0.860. The van der Waals surface area contributed by atoms with Crippen LogP contribution >= 0.6 is 0 Å². The molecular formula is C12H19N3. The van der Waals surface area contributed by atoms with E-state index in [9.17, 15) is 0 Å². The van der Waals surface area contributed by atoms with Crippen molar-refractivity contribution in [1.82, 2.24) is 14.8 Å². The molecule has 0 spiro atoms. The van der Waals surface area contributed by atoms with Gasteiger partial charge in [0, 0.05) is 5.41 Å². The van der Waals surface area contributed by atoms with E-state index in [0.717, 1.165) is 5.82 Å². The third kappa shape index (κ3) is 1.06. The summed E-state index contributed by atoms with van der Waals surface area (Å²) in [6.45, 7) is 6.68. The van der Waals surface area contributed by atoms with Crippen LogP contribution in [0.2, 0.25) is 0 Å². The van der Waals surface area contributed by atoms with Gasteiger partial charge in [0.2, 0.25) is 0 Å². The maximum atomic E-state index is 4.68. The molecule has 0 N–H and O–H groups in total. The van der Waals surface area contributed by atoms with Gasteiger partial charge in [0.1, 0.15) is 11.6 Å². The van der Waals surface area contributed by atoms with Gasteiger partial charge in [-0.3, -0.25) is 0 Å². The fraction of sp³-hybridized carbons (Fsp3) is 0.833. The smallest absolute Gasteiger partial charge is 0.147 e. The Morgan fingerprint density at radius 3 is 2.60 bits per heavy atom. The molecule has 0 radical (unpaired) electrons. The zero-order valence-electron chi connectivity index (χ0n) is 9.82. The predicted molar refractivity (Wildman–Crippen MR) is 58.8 cm³/mol. The van der Waals surface area contributed by atoms with Crippen LogP contribution in [0.1, 0.15) is 57.2 Å². The standard InChI is InChI=1S/C12H19N3/c1-8(2)12-6-4-10(5-7-12)15-11(12)13-9(3)14-15/h8,10H,4-7H2,1-3H3. The molecule has 3 heterocycles. The number of aryl methyl sites for hydroxylation is 1. The van der Waals surface area contributed by atoms with Crippen molar-refractivity contribution in [2.45, 2.75) is 57.9 Å². The first-order valence-electron chi connectivity index (χ1n) is 6.07. The molecule has 2 aliphatic heterocycles. The van der Waals surface area contributed by atoms with Gasteiger partial charge < -0.3 is 0 Å². The molecule has 15 heavy (non-hydrogen) atoms. The Balaban J connectivity index is 2.19. The van der Waals surface area contributed by atoms with Crippen LogP contribution in [0.3, 0.4) is 0 Å². The molecule has 1 saturated carbocycles. The van der Waals surface area contributed by atoms with Crippen molar-refractivity contribution in [1.29, 1.82) is 0 Å². The normalized spacial score (nSPS) is 33.5. The molecule has 0 aromatic carbocycles. The third-order valence-corrected chi connectivity index (χ3v) is 4.48. The Bertz CT molecular complexity index is 384. The summed E-state index contributed by atoms with van der Waals surface area (Å²) >= 11 is 0. The van der Waals surface area contributed by atoms with Crippen molar-refractivity contribution < 1.29 is 0 Å². The van der Waals surface area contributed by atoms with Crippen LogP contribution in [0.25, 0.3) is 0 Å². The van der Waals surface area contributed by atoms with Crippen molar-refractivity contribution in [2.24, 2.45) is 5.92 Å². The molecule has 3 aliphatic rings. The summed E-state index contributed by atoms with van der Waals surface area (Å²) in [6.07, 6.45) is 5.23. The molecule has 4 rings (SSSR count). The molecule has 0 saturated heterocycles. The highest BCUT2D eigenvalue weighted by Crippen LogP contribution is 2.52. The molecule has 2 bridgehead atoms. The van der Waals surface area contributed by atoms with Crippen LogP contribution in [0.4, 0.5) is 0 Å². The van der Waals surface area contributed by atoms with Gasteiger partial charge in [-0.05, 0) is 38.5 Å². The van der Waals surface area contributed by atoms with Crippen molar-refractivity contribution >= 4 is 0 Å². The van der Waals surface area contributed by atoms with Crippen LogP contribution in [0.5, 0.6) is 0 Å². The second kappa shape index (κ2) is 2.83. The van der Waals surface area contributed by atoms with E-state index in [-0.39, 0.29) is 0 Å². The molecule has 1 fully saturated rings. The molecule has 0 amide bonds. The van der Waals surface area contributed by atoms with E-state index >= 15 is 0 Å². The minimum absolute atomic E-state index is 0.329. The fourth-order valence-corrected chi connectivity index (χ4v) is 3.45. The highest BCUT2D eigenvalue weighted by atomic mass is 15.4. The van der Waals surface area contributed by atoms with Crippen LogP contribution in [0, 0.1) is 12.8 Å². The summed E-state index contributed by atoms with van der Waals surface area (Å²) in [4.78, 5) is 4.68. The van der Waals surface area contributed by atoms with Crippen molar-refractivity contribution in [3.05, 3.63) is 11.6 Å². The van der Waals surface area contributed by atoms with Gasteiger partial charge in [-0.1, -0.05) is 13.8 Å². The van der Waals surface area contributed by atoms with Gasteiger partial charge in [-0.25, -0.2) is 9.67 Å². The second-order valence-corrected chi connectivity index (χ2v) is 5.47. The number of rotatable bonds is 1. The number of nitrogens with zero attached hydrogens (tertiary/aromatic N) is 3. The number of hydrogen-bond donors (Lipinski definition) is 0. The van der Waals surface area contributed by atoms with Crippen molar-refractivity contribution in [3.8, 4) is 0 Å². The maximum absolute atomic E-state index is 4.68. The van der Waals surface area contributed by atoms with Gasteiger partial charge >= 0.3 is 0 Å². The molecule has 0 atom stereocenters. The summed E-state index contributed by atoms with van der Waals surface area (Å²) in [5, 5.41) is 4.57. The number of aromatic nitrogens is 3. The lowest BCUT2D eigenvalue weighted by Crippen LogP contribution is -2.45. The Labute approximate surface area is 90.9 Å². The summed E-state index contributed by atoms with van der Waals surface area (Å²) in [5.41, 5.74) is 0.329. The van der Waals surface area contributed by atoms with Gasteiger partial charge in [-0.15, -0.1) is 0 Å². The Morgan fingerprint density at radius 2 is 2.00 bits per heavy atom. The highest BCUT2D eigenvalue weighted by Gasteiger charge is 2.48. The zero-order chi connectivity index (χ0) is 10.6. The van der Waals surface area contributed by atoms with Crippen LogP contribution in [-0.4, -0.2) is 14.8 Å². The zero-order valence-corrected chi connectivity index (χ0v) is 9.82. The average Bonchev–Trinajstić information content (AvgIpc) is 2.62. The molecule has 3 nitrogen and oxygen atoms in total. The number of hydrogen-bond acceptors (Lipinski definition) is 2. The summed E-state index contributed by atoms with van der Waals surface area (Å²) in [7, 11) is 0. The highest BCUT2D eigenvalue weighted by molar-refractivity contribution is 5.18. The Kier molecular flexibility index (Phi) is 1.77. The maximum Gasteiger partial charge on any atom is 0.147 e. The lowest BCUT2D eigenvalue weighted by atomic mass is 9.63. The largest absolute Gasteiger partial charge is 0.246 e. The summed E-state index contributed by atoms with van der Waals surface area (Å²) < 4.78 is 2.22. The van der Waals surface area contributed by atoms with Crippen LogP contribution in [-0.2, 0) is 5.41 Å². The average molecular weight is 205 g/mol.